The van der Waals surface area contributed by atoms with Crippen molar-refractivity contribution in [2.45, 2.75) is 19.8 Å². The SMILES string of the molecule is CCc1cc(Br)ccc1NCCCOc1ccccc1. The van der Waals surface area contributed by atoms with Crippen LogP contribution in [-0.4, -0.2) is 13.2 Å². The average Bonchev–Trinajstić information content (AvgIpc) is 2.49. The van der Waals surface area contributed by atoms with Crippen molar-refractivity contribution in [1.29, 1.82) is 0 Å². The molecule has 0 fully saturated rings. The zero-order valence-corrected chi connectivity index (χ0v) is 13.3. The van der Waals surface area contributed by atoms with E-state index in [2.05, 4.69) is 46.4 Å². The van der Waals surface area contributed by atoms with Gasteiger partial charge in [-0.1, -0.05) is 41.1 Å². The summed E-state index contributed by atoms with van der Waals surface area (Å²) in [5, 5.41) is 3.48. The highest BCUT2D eigenvalue weighted by atomic mass is 79.9. The molecule has 0 aliphatic carbocycles. The molecule has 3 heteroatoms. The molecule has 2 rings (SSSR count). The number of hydrogen-bond acceptors (Lipinski definition) is 2. The summed E-state index contributed by atoms with van der Waals surface area (Å²) in [6.07, 6.45) is 2.01. The van der Waals surface area contributed by atoms with Gasteiger partial charge in [0.15, 0.2) is 0 Å². The molecule has 106 valence electrons. The molecule has 0 saturated carbocycles. The van der Waals surface area contributed by atoms with E-state index < -0.39 is 0 Å². The first-order chi connectivity index (χ1) is 9.79. The van der Waals surface area contributed by atoms with Crippen LogP contribution < -0.4 is 10.1 Å². The molecule has 0 saturated heterocycles. The summed E-state index contributed by atoms with van der Waals surface area (Å²) < 4.78 is 6.80. The Hall–Kier alpha value is -1.48. The van der Waals surface area contributed by atoms with Gasteiger partial charge in [0.05, 0.1) is 6.61 Å². The molecule has 0 unspecified atom stereocenters. The fourth-order valence-electron chi connectivity index (χ4n) is 2.03. The van der Waals surface area contributed by atoms with Gasteiger partial charge in [-0.05, 0) is 48.7 Å². The number of benzene rings is 2. The van der Waals surface area contributed by atoms with Gasteiger partial charge in [-0.25, -0.2) is 0 Å². The van der Waals surface area contributed by atoms with Crippen LogP contribution in [-0.2, 0) is 6.42 Å². The highest BCUT2D eigenvalue weighted by molar-refractivity contribution is 9.10. The van der Waals surface area contributed by atoms with Crippen molar-refractivity contribution in [3.8, 4) is 5.75 Å². The summed E-state index contributed by atoms with van der Waals surface area (Å²) in [5.41, 5.74) is 2.55. The van der Waals surface area contributed by atoms with Crippen molar-refractivity contribution in [2.75, 3.05) is 18.5 Å². The molecule has 0 aromatic heterocycles. The van der Waals surface area contributed by atoms with E-state index in [0.29, 0.717) is 0 Å². The lowest BCUT2D eigenvalue weighted by Crippen LogP contribution is -2.08. The minimum absolute atomic E-state index is 0.731. The highest BCUT2D eigenvalue weighted by Crippen LogP contribution is 2.21. The Balaban J connectivity index is 1.73. The van der Waals surface area contributed by atoms with Gasteiger partial charge in [-0.15, -0.1) is 0 Å². The van der Waals surface area contributed by atoms with Gasteiger partial charge in [0.1, 0.15) is 5.75 Å². The molecule has 0 heterocycles. The Morgan fingerprint density at radius 1 is 1.10 bits per heavy atom. The maximum Gasteiger partial charge on any atom is 0.119 e. The predicted molar refractivity (Wildman–Crippen MR) is 88.6 cm³/mol. The van der Waals surface area contributed by atoms with Crippen LogP contribution >= 0.6 is 15.9 Å². The molecule has 2 nitrogen and oxygen atoms in total. The van der Waals surface area contributed by atoms with Crippen LogP contribution in [0.15, 0.2) is 53.0 Å². The number of nitrogens with one attached hydrogen (secondary N) is 1. The van der Waals surface area contributed by atoms with E-state index in [9.17, 15) is 0 Å². The van der Waals surface area contributed by atoms with Crippen LogP contribution in [0.2, 0.25) is 0 Å². The van der Waals surface area contributed by atoms with Gasteiger partial charge >= 0.3 is 0 Å². The normalized spacial score (nSPS) is 10.3. The number of hydrogen-bond donors (Lipinski definition) is 1. The molecule has 0 atom stereocenters. The van der Waals surface area contributed by atoms with Gasteiger partial charge < -0.3 is 10.1 Å². The number of anilines is 1. The third kappa shape index (κ3) is 4.57. The Labute approximate surface area is 129 Å². The fourth-order valence-corrected chi connectivity index (χ4v) is 2.44. The lowest BCUT2D eigenvalue weighted by atomic mass is 10.1. The maximum absolute atomic E-state index is 5.67. The van der Waals surface area contributed by atoms with Crippen LogP contribution in [0.5, 0.6) is 5.75 Å². The number of ether oxygens (including phenoxy) is 1. The van der Waals surface area contributed by atoms with Crippen molar-refractivity contribution in [3.05, 3.63) is 58.6 Å². The van der Waals surface area contributed by atoms with Crippen LogP contribution in [0.3, 0.4) is 0 Å². The first-order valence-corrected chi connectivity index (χ1v) is 7.79. The van der Waals surface area contributed by atoms with Crippen LogP contribution in [0.25, 0.3) is 0 Å². The minimum Gasteiger partial charge on any atom is -0.494 e. The van der Waals surface area contributed by atoms with Crippen LogP contribution in [0.1, 0.15) is 18.9 Å². The van der Waals surface area contributed by atoms with E-state index in [4.69, 9.17) is 4.74 Å². The molecule has 2 aromatic rings. The van der Waals surface area contributed by atoms with E-state index >= 15 is 0 Å². The van der Waals surface area contributed by atoms with Gasteiger partial charge in [-0.2, -0.15) is 0 Å². The Bertz CT molecular complexity index is 528. The standard InChI is InChI=1S/C17H20BrNO/c1-2-14-13-15(18)9-10-17(14)19-11-6-12-20-16-7-4-3-5-8-16/h3-5,7-10,13,19H,2,6,11-12H2,1H3. The van der Waals surface area contributed by atoms with Crippen LogP contribution in [0, 0.1) is 0 Å². The summed E-state index contributed by atoms with van der Waals surface area (Å²) in [6.45, 7) is 3.82. The minimum atomic E-state index is 0.731. The monoisotopic (exact) mass is 333 g/mol. The Kier molecular flexibility index (Phi) is 5.93. The quantitative estimate of drug-likeness (QED) is 0.728. The highest BCUT2D eigenvalue weighted by Gasteiger charge is 2.01. The molecule has 0 amide bonds. The third-order valence-electron chi connectivity index (χ3n) is 3.10. The molecule has 1 N–H and O–H groups in total. The Morgan fingerprint density at radius 3 is 2.65 bits per heavy atom. The van der Waals surface area contributed by atoms with Crippen molar-refractivity contribution in [3.63, 3.8) is 0 Å². The van der Waals surface area contributed by atoms with Crippen molar-refractivity contribution in [2.24, 2.45) is 0 Å². The Morgan fingerprint density at radius 2 is 1.90 bits per heavy atom. The van der Waals surface area contributed by atoms with Gasteiger partial charge in [0.25, 0.3) is 0 Å². The molecular weight excluding hydrogens is 314 g/mol. The topological polar surface area (TPSA) is 21.3 Å². The second-order valence-electron chi connectivity index (χ2n) is 4.60. The van der Waals surface area contributed by atoms with E-state index in [1.165, 1.54) is 11.3 Å². The van der Waals surface area contributed by atoms with Crippen molar-refractivity contribution >= 4 is 21.6 Å². The second kappa shape index (κ2) is 7.95. The smallest absolute Gasteiger partial charge is 0.119 e. The van der Waals surface area contributed by atoms with Gasteiger partial charge in [0.2, 0.25) is 0 Å². The number of rotatable bonds is 7. The summed E-state index contributed by atoms with van der Waals surface area (Å²) in [7, 11) is 0. The molecule has 0 spiro atoms. The zero-order valence-electron chi connectivity index (χ0n) is 11.7. The largest absolute Gasteiger partial charge is 0.494 e. The first-order valence-electron chi connectivity index (χ1n) is 6.99. The summed E-state index contributed by atoms with van der Waals surface area (Å²) >= 11 is 3.51. The molecule has 2 aromatic carbocycles. The van der Waals surface area contributed by atoms with Gasteiger partial charge in [0, 0.05) is 16.7 Å². The molecule has 0 bridgehead atoms. The molecule has 0 radical (unpaired) electrons. The van der Waals surface area contributed by atoms with Gasteiger partial charge in [-0.3, -0.25) is 0 Å². The third-order valence-corrected chi connectivity index (χ3v) is 3.59. The summed E-state index contributed by atoms with van der Waals surface area (Å²) in [5.74, 6) is 0.936. The molecule has 0 aliphatic heterocycles. The van der Waals surface area contributed by atoms with E-state index in [0.717, 1.165) is 36.2 Å². The predicted octanol–water partition coefficient (Wildman–Crippen LogP) is 4.89. The number of para-hydroxylation sites is 1. The van der Waals surface area contributed by atoms with Crippen LogP contribution in [0.4, 0.5) is 5.69 Å². The molecular formula is C17H20BrNO. The maximum atomic E-state index is 5.67. The second-order valence-corrected chi connectivity index (χ2v) is 5.51. The van der Waals surface area contributed by atoms with E-state index in [-0.39, 0.29) is 0 Å². The average molecular weight is 334 g/mol. The first kappa shape index (κ1) is 14.9. The summed E-state index contributed by atoms with van der Waals surface area (Å²) in [4.78, 5) is 0. The molecule has 20 heavy (non-hydrogen) atoms. The molecule has 0 aliphatic rings. The zero-order chi connectivity index (χ0) is 14.2. The lowest BCUT2D eigenvalue weighted by molar-refractivity contribution is 0.315. The fraction of sp³-hybridized carbons (Fsp3) is 0.294. The number of aryl methyl sites for hydroxylation is 1. The van der Waals surface area contributed by atoms with E-state index in [1.807, 2.05) is 30.3 Å². The van der Waals surface area contributed by atoms with Crippen molar-refractivity contribution < 1.29 is 4.74 Å². The summed E-state index contributed by atoms with van der Waals surface area (Å²) in [6, 6.07) is 16.3. The lowest BCUT2D eigenvalue weighted by Gasteiger charge is -2.12. The van der Waals surface area contributed by atoms with Crippen molar-refractivity contribution in [1.82, 2.24) is 0 Å². The van der Waals surface area contributed by atoms with E-state index in [1.54, 1.807) is 0 Å². The number of halogens is 1.